The van der Waals surface area contributed by atoms with Gasteiger partial charge in [-0.25, -0.2) is 19.5 Å². The molecule has 1 saturated carbocycles. The van der Waals surface area contributed by atoms with Crippen molar-refractivity contribution in [1.29, 1.82) is 0 Å². The Balaban J connectivity index is 1.37. The molecule has 2 N–H and O–H groups in total. The first kappa shape index (κ1) is 21.6. The molecule has 35 heavy (non-hydrogen) atoms. The maximum Gasteiger partial charge on any atom is 0.418 e. The number of hydrogen-bond donors (Lipinski definition) is 2. The highest BCUT2D eigenvalue weighted by atomic mass is 19.4. The van der Waals surface area contributed by atoms with Crippen LogP contribution in [0.15, 0.2) is 43.1 Å². The molecule has 1 atom stereocenters. The van der Waals surface area contributed by atoms with Crippen LogP contribution in [0.5, 0.6) is 0 Å². The number of nitrogens with one attached hydrogen (secondary N) is 2. The van der Waals surface area contributed by atoms with E-state index < -0.39 is 17.8 Å². The molecule has 0 saturated heterocycles. The molecular formula is C23H21F3N8O. The summed E-state index contributed by atoms with van der Waals surface area (Å²) in [6.45, 7) is 0.516. The highest BCUT2D eigenvalue weighted by Crippen LogP contribution is 2.38. The van der Waals surface area contributed by atoms with Crippen LogP contribution in [0.4, 0.5) is 19.0 Å². The number of halogens is 3. The predicted molar refractivity (Wildman–Crippen MR) is 119 cm³/mol. The fourth-order valence-electron chi connectivity index (χ4n) is 4.63. The summed E-state index contributed by atoms with van der Waals surface area (Å²) >= 11 is 0. The molecule has 0 unspecified atom stereocenters. The number of rotatable bonds is 4. The van der Waals surface area contributed by atoms with Crippen LogP contribution < -0.4 is 10.2 Å². The second-order valence-corrected chi connectivity index (χ2v) is 8.79. The van der Waals surface area contributed by atoms with Gasteiger partial charge in [-0.3, -0.25) is 4.79 Å². The third-order valence-corrected chi connectivity index (χ3v) is 6.64. The molecule has 4 aromatic heterocycles. The molecule has 2 aliphatic rings. The summed E-state index contributed by atoms with van der Waals surface area (Å²) < 4.78 is 42.0. The molecule has 12 heteroatoms. The fourth-order valence-corrected chi connectivity index (χ4v) is 4.63. The Bertz CT molecular complexity index is 1390. The van der Waals surface area contributed by atoms with Gasteiger partial charge in [0.25, 0.3) is 5.91 Å². The Morgan fingerprint density at radius 3 is 2.74 bits per heavy atom. The summed E-state index contributed by atoms with van der Waals surface area (Å²) in [6, 6.07) is 3.42. The quantitative estimate of drug-likeness (QED) is 0.463. The second-order valence-electron chi connectivity index (χ2n) is 8.79. The second kappa shape index (κ2) is 8.07. The number of carbonyl (C=O) groups excluding carboxylic acids is 1. The van der Waals surface area contributed by atoms with Crippen LogP contribution in [-0.2, 0) is 12.6 Å². The minimum atomic E-state index is -4.51. The summed E-state index contributed by atoms with van der Waals surface area (Å²) in [4.78, 5) is 30.6. The summed E-state index contributed by atoms with van der Waals surface area (Å²) in [5, 5.41) is 7.40. The van der Waals surface area contributed by atoms with E-state index in [9.17, 15) is 18.0 Å². The van der Waals surface area contributed by atoms with Gasteiger partial charge >= 0.3 is 6.18 Å². The molecule has 5 heterocycles. The van der Waals surface area contributed by atoms with Gasteiger partial charge in [0, 0.05) is 30.9 Å². The van der Waals surface area contributed by atoms with Gasteiger partial charge < -0.3 is 15.2 Å². The number of H-pyrrole nitrogens is 1. The molecule has 1 aliphatic heterocycles. The lowest BCUT2D eigenvalue weighted by Gasteiger charge is -2.34. The molecule has 0 aromatic carbocycles. The van der Waals surface area contributed by atoms with E-state index in [2.05, 4.69) is 30.4 Å². The van der Waals surface area contributed by atoms with Crippen LogP contribution in [0.2, 0.25) is 0 Å². The minimum Gasteiger partial charge on any atom is -0.348 e. The number of aromatic nitrogens is 6. The Morgan fingerprint density at radius 1 is 1.17 bits per heavy atom. The van der Waals surface area contributed by atoms with E-state index >= 15 is 0 Å². The number of anilines is 1. The number of pyridine rings is 1. The maximum absolute atomic E-state index is 13.6. The summed E-state index contributed by atoms with van der Waals surface area (Å²) in [5.74, 6) is 0.218. The van der Waals surface area contributed by atoms with Crippen molar-refractivity contribution in [2.45, 2.75) is 43.9 Å². The minimum absolute atomic E-state index is 0.0355. The van der Waals surface area contributed by atoms with Crippen molar-refractivity contribution in [3.63, 3.8) is 0 Å². The summed E-state index contributed by atoms with van der Waals surface area (Å²) in [5.41, 5.74) is 1.39. The monoisotopic (exact) mass is 482 g/mol. The molecule has 180 valence electrons. The number of amides is 1. The van der Waals surface area contributed by atoms with Crippen molar-refractivity contribution < 1.29 is 18.0 Å². The third-order valence-electron chi connectivity index (χ3n) is 6.64. The Hall–Kier alpha value is -3.96. The van der Waals surface area contributed by atoms with Gasteiger partial charge in [0.1, 0.15) is 17.6 Å². The fraction of sp³-hybridized carbons (Fsp3) is 0.348. The van der Waals surface area contributed by atoms with E-state index in [0.29, 0.717) is 30.2 Å². The van der Waals surface area contributed by atoms with Gasteiger partial charge in [-0.2, -0.15) is 18.3 Å². The van der Waals surface area contributed by atoms with E-state index in [1.54, 1.807) is 6.33 Å². The van der Waals surface area contributed by atoms with Crippen LogP contribution >= 0.6 is 0 Å². The van der Waals surface area contributed by atoms with Gasteiger partial charge in [0.05, 0.1) is 41.2 Å². The van der Waals surface area contributed by atoms with Crippen LogP contribution in [0, 0.1) is 0 Å². The standard InChI is InChI=1S/C23H21F3N8O/c24-23(25,26)14-5-2-7-34-18(14)9-16(32-34)21-20-15(29-12-30-20)6-8-33(21)19-11-27-17(10-28-19)22(35)31-13-3-1-4-13/h2,5,7,9-13,21H,1,3-4,6,8H2,(H,29,30)(H,31,35)/t21-/m1/s1. The van der Waals surface area contributed by atoms with E-state index in [0.717, 1.165) is 31.0 Å². The van der Waals surface area contributed by atoms with Gasteiger partial charge in [-0.15, -0.1) is 0 Å². The van der Waals surface area contributed by atoms with Crippen molar-refractivity contribution in [2.75, 3.05) is 11.4 Å². The number of alkyl halides is 3. The lowest BCUT2D eigenvalue weighted by molar-refractivity contribution is -0.136. The lowest BCUT2D eigenvalue weighted by Crippen LogP contribution is -2.40. The molecule has 0 bridgehead atoms. The van der Waals surface area contributed by atoms with E-state index in [1.807, 2.05) is 4.90 Å². The SMILES string of the molecule is O=C(NC1CCC1)c1cnc(N2CCc3[nH]cnc3[C@H]2c2cc3c(C(F)(F)F)cccn3n2)cn1. The van der Waals surface area contributed by atoms with E-state index in [-0.39, 0.29) is 23.2 Å². The number of aromatic amines is 1. The molecule has 1 aliphatic carbocycles. The molecular weight excluding hydrogens is 461 g/mol. The van der Waals surface area contributed by atoms with Crippen molar-refractivity contribution in [1.82, 2.24) is 34.9 Å². The molecule has 1 fully saturated rings. The molecule has 1 amide bonds. The van der Waals surface area contributed by atoms with Gasteiger partial charge in [0.2, 0.25) is 0 Å². The van der Waals surface area contributed by atoms with E-state index in [1.165, 1.54) is 35.2 Å². The smallest absolute Gasteiger partial charge is 0.348 e. The number of nitrogens with zero attached hydrogens (tertiary/aromatic N) is 6. The normalized spacial score (nSPS) is 18.4. The van der Waals surface area contributed by atoms with Crippen molar-refractivity contribution in [3.8, 4) is 0 Å². The lowest BCUT2D eigenvalue weighted by atomic mass is 9.93. The molecule has 0 spiro atoms. The van der Waals surface area contributed by atoms with Gasteiger partial charge in [-0.05, 0) is 37.5 Å². The zero-order chi connectivity index (χ0) is 24.2. The predicted octanol–water partition coefficient (Wildman–Crippen LogP) is 3.30. The van der Waals surface area contributed by atoms with Gasteiger partial charge in [0.15, 0.2) is 0 Å². The Morgan fingerprint density at radius 2 is 2.03 bits per heavy atom. The van der Waals surface area contributed by atoms with Crippen molar-refractivity contribution >= 4 is 17.2 Å². The average molecular weight is 482 g/mol. The number of hydrogen-bond acceptors (Lipinski definition) is 6. The van der Waals surface area contributed by atoms with Crippen LogP contribution in [-0.4, -0.2) is 48.0 Å². The summed E-state index contributed by atoms with van der Waals surface area (Å²) in [6.07, 6.45) is 5.16. The highest BCUT2D eigenvalue weighted by Gasteiger charge is 2.37. The van der Waals surface area contributed by atoms with Crippen LogP contribution in [0.25, 0.3) is 5.52 Å². The number of fused-ring (bicyclic) bond motifs is 2. The first-order valence-electron chi connectivity index (χ1n) is 11.4. The average Bonchev–Trinajstić information content (AvgIpc) is 3.46. The molecule has 0 radical (unpaired) electrons. The zero-order valence-electron chi connectivity index (χ0n) is 18.5. The van der Waals surface area contributed by atoms with Crippen LogP contribution in [0.1, 0.15) is 58.4 Å². The summed E-state index contributed by atoms with van der Waals surface area (Å²) in [7, 11) is 0. The van der Waals surface area contributed by atoms with E-state index in [4.69, 9.17) is 0 Å². The molecule has 4 aromatic rings. The van der Waals surface area contributed by atoms with Crippen molar-refractivity contribution in [3.05, 3.63) is 71.5 Å². The highest BCUT2D eigenvalue weighted by molar-refractivity contribution is 5.92. The first-order chi connectivity index (χ1) is 16.9. The Kier molecular flexibility index (Phi) is 4.97. The Labute approximate surface area is 197 Å². The zero-order valence-corrected chi connectivity index (χ0v) is 18.5. The maximum atomic E-state index is 13.6. The van der Waals surface area contributed by atoms with Crippen molar-refractivity contribution in [2.24, 2.45) is 0 Å². The third kappa shape index (κ3) is 3.78. The molecule has 6 rings (SSSR count). The first-order valence-corrected chi connectivity index (χ1v) is 11.4. The largest absolute Gasteiger partial charge is 0.418 e. The number of imidazole rings is 1. The van der Waals surface area contributed by atoms with Gasteiger partial charge in [-0.1, -0.05) is 0 Å². The molecule has 9 nitrogen and oxygen atoms in total. The van der Waals surface area contributed by atoms with Crippen LogP contribution in [0.3, 0.4) is 0 Å². The topological polar surface area (TPSA) is 104 Å². The number of carbonyl (C=O) groups is 1.